The van der Waals surface area contributed by atoms with Gasteiger partial charge in [-0.1, -0.05) is 6.92 Å². The second-order valence-corrected chi connectivity index (χ2v) is 5.78. The monoisotopic (exact) mass is 264 g/mol. The molecular weight excluding hydrogens is 248 g/mol. The molecule has 5 nitrogen and oxygen atoms in total. The summed E-state index contributed by atoms with van der Waals surface area (Å²) in [7, 11) is 0. The van der Waals surface area contributed by atoms with Crippen molar-refractivity contribution in [3.63, 3.8) is 0 Å². The summed E-state index contributed by atoms with van der Waals surface area (Å²) in [6, 6.07) is 1.98. The van der Waals surface area contributed by atoms with E-state index in [0.29, 0.717) is 12.4 Å². The Hall–Kier alpha value is -1.32. The molecule has 1 heterocycles. The van der Waals surface area contributed by atoms with E-state index in [1.54, 1.807) is 11.8 Å². The van der Waals surface area contributed by atoms with E-state index in [9.17, 15) is 5.11 Å². The first kappa shape index (κ1) is 13.1. The summed E-state index contributed by atoms with van der Waals surface area (Å²) in [5, 5.41) is 22.6. The summed E-state index contributed by atoms with van der Waals surface area (Å²) < 4.78 is 0. The van der Waals surface area contributed by atoms with Crippen LogP contribution in [0.3, 0.4) is 0 Å². The van der Waals surface area contributed by atoms with Gasteiger partial charge in [0.15, 0.2) is 11.5 Å². The summed E-state index contributed by atoms with van der Waals surface area (Å²) in [4.78, 5) is 7.99. The Kier molecular flexibility index (Phi) is 4.04. The van der Waals surface area contributed by atoms with Crippen LogP contribution in [-0.4, -0.2) is 38.2 Å². The van der Waals surface area contributed by atoms with Crippen LogP contribution in [0.5, 0.6) is 0 Å². The first-order valence-electron chi connectivity index (χ1n) is 5.98. The van der Waals surface area contributed by atoms with Crippen LogP contribution in [0.4, 0.5) is 5.82 Å². The minimum absolute atomic E-state index is 0.264. The van der Waals surface area contributed by atoms with Gasteiger partial charge in [0.05, 0.1) is 5.60 Å². The number of anilines is 1. The highest BCUT2D eigenvalue weighted by Gasteiger charge is 2.45. The van der Waals surface area contributed by atoms with Gasteiger partial charge in [-0.15, -0.1) is 0 Å². The minimum Gasteiger partial charge on any atom is -0.387 e. The Morgan fingerprint density at radius 1 is 1.61 bits per heavy atom. The summed E-state index contributed by atoms with van der Waals surface area (Å²) in [6.07, 6.45) is 4.85. The first-order chi connectivity index (χ1) is 8.69. The molecule has 2 rings (SSSR count). The van der Waals surface area contributed by atoms with E-state index in [1.165, 1.54) is 12.4 Å². The molecule has 18 heavy (non-hydrogen) atoms. The maximum atomic E-state index is 10.4. The van der Waals surface area contributed by atoms with Crippen LogP contribution in [0.15, 0.2) is 12.4 Å². The van der Waals surface area contributed by atoms with Gasteiger partial charge in [0, 0.05) is 24.2 Å². The van der Waals surface area contributed by atoms with E-state index in [1.807, 2.05) is 6.07 Å². The van der Waals surface area contributed by atoms with Gasteiger partial charge in [-0.25, -0.2) is 9.97 Å². The summed E-state index contributed by atoms with van der Waals surface area (Å²) in [6.45, 7) is 2.51. The smallest absolute Gasteiger partial charge is 0.182 e. The normalized spacial score (nSPS) is 26.2. The molecule has 0 amide bonds. The number of aromatic nitrogens is 2. The minimum atomic E-state index is -0.690. The van der Waals surface area contributed by atoms with Crippen LogP contribution in [-0.2, 0) is 0 Å². The number of thioether (sulfide) groups is 1. The zero-order valence-electron chi connectivity index (χ0n) is 10.3. The molecule has 6 heteroatoms. The Morgan fingerprint density at radius 3 is 3.00 bits per heavy atom. The lowest BCUT2D eigenvalue weighted by Gasteiger charge is -2.45. The third-order valence-corrected chi connectivity index (χ3v) is 4.58. The average molecular weight is 264 g/mol. The van der Waals surface area contributed by atoms with Crippen LogP contribution in [0.1, 0.15) is 25.5 Å². The van der Waals surface area contributed by atoms with E-state index >= 15 is 0 Å². The van der Waals surface area contributed by atoms with E-state index in [-0.39, 0.29) is 10.9 Å². The van der Waals surface area contributed by atoms with Crippen molar-refractivity contribution >= 4 is 17.6 Å². The lowest BCUT2D eigenvalue weighted by Crippen LogP contribution is -2.54. The zero-order chi connectivity index (χ0) is 13.0. The fourth-order valence-electron chi connectivity index (χ4n) is 2.02. The SMILES string of the molecule is CCSC1CCC1(O)CNc1nccnc1C#N. The quantitative estimate of drug-likeness (QED) is 0.836. The van der Waals surface area contributed by atoms with Gasteiger partial charge >= 0.3 is 0 Å². The van der Waals surface area contributed by atoms with Crippen LogP contribution in [0.25, 0.3) is 0 Å². The molecule has 1 aromatic heterocycles. The molecule has 0 radical (unpaired) electrons. The topological polar surface area (TPSA) is 81.8 Å². The number of nitriles is 1. The highest BCUT2D eigenvalue weighted by atomic mass is 32.2. The molecule has 0 aromatic carbocycles. The second kappa shape index (κ2) is 5.55. The molecule has 0 saturated heterocycles. The van der Waals surface area contributed by atoms with Crippen molar-refractivity contribution in [1.82, 2.24) is 9.97 Å². The second-order valence-electron chi connectivity index (χ2n) is 4.31. The Morgan fingerprint density at radius 2 is 2.39 bits per heavy atom. The molecule has 2 unspecified atom stereocenters. The number of aliphatic hydroxyl groups is 1. The molecule has 0 aliphatic heterocycles. The number of hydrogen-bond donors (Lipinski definition) is 2. The van der Waals surface area contributed by atoms with Crippen LogP contribution in [0.2, 0.25) is 0 Å². The molecule has 2 atom stereocenters. The summed E-state index contributed by atoms with van der Waals surface area (Å²) in [5.41, 5.74) is -0.426. The van der Waals surface area contributed by atoms with Crippen molar-refractivity contribution < 1.29 is 5.11 Å². The van der Waals surface area contributed by atoms with Crippen molar-refractivity contribution in [1.29, 1.82) is 5.26 Å². The molecule has 1 fully saturated rings. The Balaban J connectivity index is 1.97. The Labute approximate surface area is 111 Å². The van der Waals surface area contributed by atoms with E-state index in [2.05, 4.69) is 22.2 Å². The van der Waals surface area contributed by atoms with Gasteiger partial charge in [0.25, 0.3) is 0 Å². The predicted molar refractivity (Wildman–Crippen MR) is 71.3 cm³/mol. The van der Waals surface area contributed by atoms with Crippen LogP contribution in [0, 0.1) is 11.3 Å². The predicted octanol–water partition coefficient (Wildman–Crippen LogP) is 1.41. The number of hydrogen-bond acceptors (Lipinski definition) is 6. The zero-order valence-corrected chi connectivity index (χ0v) is 11.1. The van der Waals surface area contributed by atoms with Crippen LogP contribution >= 0.6 is 11.8 Å². The van der Waals surface area contributed by atoms with E-state index in [4.69, 9.17) is 5.26 Å². The lowest BCUT2D eigenvalue weighted by molar-refractivity contribution is -0.0120. The standard InChI is InChI=1S/C12H16N4OS/c1-2-18-10-3-4-12(10,17)8-16-11-9(7-13)14-5-6-15-11/h5-6,10,17H,2-4,8H2,1H3,(H,15,16). The highest BCUT2D eigenvalue weighted by molar-refractivity contribution is 8.00. The first-order valence-corrected chi connectivity index (χ1v) is 7.03. The number of rotatable bonds is 5. The van der Waals surface area contributed by atoms with Gasteiger partial charge in [0.1, 0.15) is 6.07 Å². The maximum absolute atomic E-state index is 10.4. The molecule has 1 aliphatic carbocycles. The average Bonchev–Trinajstić information content (AvgIpc) is 2.41. The van der Waals surface area contributed by atoms with Crippen molar-refractivity contribution in [3.05, 3.63) is 18.1 Å². The number of nitrogens with one attached hydrogen (secondary N) is 1. The molecule has 96 valence electrons. The fraction of sp³-hybridized carbons (Fsp3) is 0.583. The molecule has 0 bridgehead atoms. The van der Waals surface area contributed by atoms with Gasteiger partial charge in [-0.05, 0) is 18.6 Å². The van der Waals surface area contributed by atoms with E-state index < -0.39 is 5.60 Å². The largest absolute Gasteiger partial charge is 0.387 e. The third-order valence-electron chi connectivity index (χ3n) is 3.17. The molecule has 2 N–H and O–H groups in total. The van der Waals surface area contributed by atoms with Crippen molar-refractivity contribution in [2.24, 2.45) is 0 Å². The summed E-state index contributed by atoms with van der Waals surface area (Å²) in [5.74, 6) is 1.45. The lowest BCUT2D eigenvalue weighted by atomic mass is 9.79. The molecular formula is C12H16N4OS. The fourth-order valence-corrected chi connectivity index (χ4v) is 3.22. The van der Waals surface area contributed by atoms with Crippen molar-refractivity contribution in [3.8, 4) is 6.07 Å². The van der Waals surface area contributed by atoms with Crippen molar-refractivity contribution in [2.75, 3.05) is 17.6 Å². The molecule has 1 aliphatic rings. The third kappa shape index (κ3) is 2.57. The van der Waals surface area contributed by atoms with Crippen molar-refractivity contribution in [2.45, 2.75) is 30.6 Å². The molecule has 1 saturated carbocycles. The Bertz CT molecular complexity index is 462. The van der Waals surface area contributed by atoms with Gasteiger partial charge in [-0.3, -0.25) is 0 Å². The van der Waals surface area contributed by atoms with Gasteiger partial charge in [0.2, 0.25) is 0 Å². The summed E-state index contributed by atoms with van der Waals surface area (Å²) >= 11 is 1.78. The highest BCUT2D eigenvalue weighted by Crippen LogP contribution is 2.41. The van der Waals surface area contributed by atoms with E-state index in [0.717, 1.165) is 18.6 Å². The maximum Gasteiger partial charge on any atom is 0.182 e. The molecule has 1 aromatic rings. The van der Waals surface area contributed by atoms with Gasteiger partial charge in [-0.2, -0.15) is 17.0 Å². The molecule has 0 spiro atoms. The number of nitrogens with zero attached hydrogens (tertiary/aromatic N) is 3. The van der Waals surface area contributed by atoms with Gasteiger partial charge < -0.3 is 10.4 Å². The van der Waals surface area contributed by atoms with Crippen LogP contribution < -0.4 is 5.32 Å².